The number of aromatic hydroxyl groups is 1. The number of hydrogen-bond donors (Lipinski definition) is 2. The van der Waals surface area contributed by atoms with Crippen molar-refractivity contribution in [3.8, 4) is 22.9 Å². The van der Waals surface area contributed by atoms with E-state index in [1.807, 2.05) is 12.1 Å². The van der Waals surface area contributed by atoms with Crippen LogP contribution in [0.2, 0.25) is 0 Å². The summed E-state index contributed by atoms with van der Waals surface area (Å²) in [6, 6.07) is 5.22. The van der Waals surface area contributed by atoms with E-state index in [9.17, 15) is 9.50 Å². The first kappa shape index (κ1) is 17.3. The van der Waals surface area contributed by atoms with Crippen LogP contribution in [0.25, 0.3) is 22.0 Å². The average molecular weight is 380 g/mol. The van der Waals surface area contributed by atoms with Crippen LogP contribution in [-0.4, -0.2) is 43.9 Å². The number of pyridine rings is 1. The van der Waals surface area contributed by atoms with Crippen molar-refractivity contribution >= 4 is 10.8 Å². The summed E-state index contributed by atoms with van der Waals surface area (Å²) in [5.74, 6) is 0.404. The largest absolute Gasteiger partial charge is 0.507 e. The van der Waals surface area contributed by atoms with Gasteiger partial charge in [0.05, 0.1) is 18.1 Å². The number of aromatic nitrogens is 3. The van der Waals surface area contributed by atoms with Gasteiger partial charge in [-0.1, -0.05) is 0 Å². The van der Waals surface area contributed by atoms with E-state index in [0.29, 0.717) is 23.6 Å². The number of phenols is 1. The predicted molar refractivity (Wildman–Crippen MR) is 103 cm³/mol. The molecular weight excluding hydrogens is 359 g/mol. The molecule has 1 aromatic carbocycles. The molecule has 2 aromatic heterocycles. The highest BCUT2D eigenvalue weighted by atomic mass is 19.1. The average Bonchev–Trinajstić information content (AvgIpc) is 3.04. The Bertz CT molecular complexity index is 1030. The van der Waals surface area contributed by atoms with Gasteiger partial charge in [-0.2, -0.15) is 0 Å². The van der Waals surface area contributed by atoms with Gasteiger partial charge in [-0.25, -0.2) is 14.4 Å². The lowest BCUT2D eigenvalue weighted by Gasteiger charge is -2.38. The van der Waals surface area contributed by atoms with Gasteiger partial charge in [0.2, 0.25) is 5.88 Å². The smallest absolute Gasteiger partial charge is 0.232 e. The number of nitrogens with zero attached hydrogens (tertiary/aromatic N) is 3. The normalized spacial score (nSPS) is 29.1. The van der Waals surface area contributed by atoms with Crippen LogP contribution >= 0.6 is 0 Å². The summed E-state index contributed by atoms with van der Waals surface area (Å²) in [6.45, 7) is 2.11. The number of halogens is 1. The first-order chi connectivity index (χ1) is 13.5. The van der Waals surface area contributed by atoms with E-state index in [1.165, 1.54) is 6.20 Å². The van der Waals surface area contributed by atoms with Crippen LogP contribution in [-0.2, 0) is 0 Å². The number of ether oxygens (including phenoxy) is 1. The van der Waals surface area contributed by atoms with E-state index >= 15 is 0 Å². The second-order valence-corrected chi connectivity index (χ2v) is 7.99. The zero-order valence-electron chi connectivity index (χ0n) is 15.5. The number of fused-ring (bicyclic) bond motifs is 3. The Morgan fingerprint density at radius 1 is 1.21 bits per heavy atom. The van der Waals surface area contributed by atoms with Crippen LogP contribution in [0.5, 0.6) is 11.6 Å². The molecule has 28 heavy (non-hydrogen) atoms. The molecule has 2 saturated heterocycles. The molecule has 144 valence electrons. The molecule has 2 aliphatic rings. The van der Waals surface area contributed by atoms with E-state index < -0.39 is 12.3 Å². The number of rotatable bonds is 3. The highest BCUT2D eigenvalue weighted by Gasteiger charge is 2.49. The third-order valence-electron chi connectivity index (χ3n) is 5.86. The molecule has 7 heteroatoms. The summed E-state index contributed by atoms with van der Waals surface area (Å²) in [4.78, 5) is 12.7. The van der Waals surface area contributed by atoms with E-state index in [0.717, 1.165) is 23.6 Å². The Morgan fingerprint density at radius 2 is 2.11 bits per heavy atom. The van der Waals surface area contributed by atoms with Gasteiger partial charge in [0.15, 0.2) is 6.17 Å². The maximum absolute atomic E-state index is 14.7. The number of piperidine rings is 1. The van der Waals surface area contributed by atoms with Crippen molar-refractivity contribution in [2.45, 2.75) is 50.0 Å². The molecule has 1 unspecified atom stereocenters. The molecule has 6 nitrogen and oxygen atoms in total. The van der Waals surface area contributed by atoms with Gasteiger partial charge >= 0.3 is 0 Å². The van der Waals surface area contributed by atoms with Crippen LogP contribution in [0, 0.1) is 0 Å². The van der Waals surface area contributed by atoms with Gasteiger partial charge in [-0.3, -0.25) is 4.98 Å². The fraction of sp³-hybridized carbons (Fsp3) is 0.381. The predicted octanol–water partition coefficient (Wildman–Crippen LogP) is 3.40. The van der Waals surface area contributed by atoms with E-state index in [-0.39, 0.29) is 17.3 Å². The number of nitrogens with one attached hydrogen (secondary N) is 1. The van der Waals surface area contributed by atoms with E-state index in [4.69, 9.17) is 4.74 Å². The Balaban J connectivity index is 1.38. The molecule has 0 saturated carbocycles. The van der Waals surface area contributed by atoms with Crippen LogP contribution in [0.3, 0.4) is 0 Å². The second kappa shape index (κ2) is 6.38. The highest BCUT2D eigenvalue weighted by Crippen LogP contribution is 2.38. The van der Waals surface area contributed by atoms with Gasteiger partial charge in [-0.05, 0) is 43.4 Å². The molecule has 0 radical (unpaired) electrons. The molecule has 2 fully saturated rings. The monoisotopic (exact) mass is 380 g/mol. The second-order valence-electron chi connectivity index (χ2n) is 7.99. The van der Waals surface area contributed by atoms with Gasteiger partial charge in [-0.15, -0.1) is 0 Å². The summed E-state index contributed by atoms with van der Waals surface area (Å²) in [5.41, 5.74) is 1.03. The Hall–Kier alpha value is -2.80. The van der Waals surface area contributed by atoms with Crippen molar-refractivity contribution in [1.29, 1.82) is 0 Å². The van der Waals surface area contributed by atoms with Crippen LogP contribution in [0.1, 0.15) is 26.2 Å². The van der Waals surface area contributed by atoms with E-state index in [1.54, 1.807) is 24.7 Å². The van der Waals surface area contributed by atoms with Crippen molar-refractivity contribution in [2.24, 2.45) is 0 Å². The lowest BCUT2D eigenvalue weighted by atomic mass is 9.90. The first-order valence-corrected chi connectivity index (χ1v) is 9.48. The standard InChI is InChI=1S/C21H21FN4O2/c1-21-4-2-15(26-21)20(22)18(8-21)28-19-11-24-16(10-25-19)14-6-12-3-5-23-9-13(12)7-17(14)27/h3,5-7,9-11,15,18,20,26-27H,2,4,8H2,1H3/t15?,18-,20+,21-/m0/s1. The van der Waals surface area contributed by atoms with Gasteiger partial charge in [0.1, 0.15) is 11.9 Å². The van der Waals surface area contributed by atoms with Gasteiger partial charge in [0, 0.05) is 41.3 Å². The number of benzene rings is 1. The highest BCUT2D eigenvalue weighted by molar-refractivity contribution is 5.89. The maximum Gasteiger partial charge on any atom is 0.232 e. The Kier molecular flexibility index (Phi) is 3.94. The summed E-state index contributed by atoms with van der Waals surface area (Å²) in [6.07, 6.45) is 7.24. The summed E-state index contributed by atoms with van der Waals surface area (Å²) in [5, 5.41) is 15.5. The molecule has 4 heterocycles. The SMILES string of the molecule is C[C@@]12CCC(N1)[C@@H](F)[C@@H](Oc1cnc(-c3cc4ccncc4cc3O)cn1)C2. The summed E-state index contributed by atoms with van der Waals surface area (Å²) >= 11 is 0. The van der Waals surface area contributed by atoms with E-state index in [2.05, 4.69) is 27.2 Å². The third kappa shape index (κ3) is 2.96. The third-order valence-corrected chi connectivity index (χ3v) is 5.86. The molecule has 2 N–H and O–H groups in total. The number of phenolic OH excluding ortho intramolecular Hbond substituents is 1. The molecule has 0 spiro atoms. The van der Waals surface area contributed by atoms with Crippen LogP contribution < -0.4 is 10.1 Å². The fourth-order valence-electron chi connectivity index (χ4n) is 4.39. The maximum atomic E-state index is 14.7. The topological polar surface area (TPSA) is 80.2 Å². The molecule has 4 atom stereocenters. The lowest BCUT2D eigenvalue weighted by Crippen LogP contribution is -2.57. The fourth-order valence-corrected chi connectivity index (χ4v) is 4.39. The Labute approximate surface area is 161 Å². The van der Waals surface area contributed by atoms with Crippen LogP contribution in [0.15, 0.2) is 43.0 Å². The van der Waals surface area contributed by atoms with Crippen molar-refractivity contribution in [3.63, 3.8) is 0 Å². The quantitative estimate of drug-likeness (QED) is 0.725. The molecule has 5 rings (SSSR count). The molecule has 2 aliphatic heterocycles. The molecule has 2 bridgehead atoms. The Morgan fingerprint density at radius 3 is 2.93 bits per heavy atom. The summed E-state index contributed by atoms with van der Waals surface area (Å²) in [7, 11) is 0. The summed E-state index contributed by atoms with van der Waals surface area (Å²) < 4.78 is 20.5. The van der Waals surface area contributed by atoms with Crippen molar-refractivity contribution in [2.75, 3.05) is 0 Å². The van der Waals surface area contributed by atoms with Crippen molar-refractivity contribution in [1.82, 2.24) is 20.3 Å². The van der Waals surface area contributed by atoms with Crippen LogP contribution in [0.4, 0.5) is 4.39 Å². The zero-order chi connectivity index (χ0) is 19.3. The molecule has 0 aliphatic carbocycles. The molecule has 0 amide bonds. The minimum Gasteiger partial charge on any atom is -0.507 e. The van der Waals surface area contributed by atoms with Gasteiger partial charge < -0.3 is 15.2 Å². The first-order valence-electron chi connectivity index (χ1n) is 9.48. The number of hydrogen-bond acceptors (Lipinski definition) is 6. The molecule has 3 aromatic rings. The van der Waals surface area contributed by atoms with Gasteiger partial charge in [0.25, 0.3) is 0 Å². The van der Waals surface area contributed by atoms with Crippen molar-refractivity contribution in [3.05, 3.63) is 43.0 Å². The minimum atomic E-state index is -1.06. The lowest BCUT2D eigenvalue weighted by molar-refractivity contribution is 0.0237. The van der Waals surface area contributed by atoms with Crippen molar-refractivity contribution < 1.29 is 14.2 Å². The zero-order valence-corrected chi connectivity index (χ0v) is 15.5. The minimum absolute atomic E-state index is 0.0724. The molecular formula is C21H21FN4O2. The number of alkyl halides is 1.